The van der Waals surface area contributed by atoms with Gasteiger partial charge in [-0.3, -0.25) is 0 Å². The molecular formula is C27H24ClN7O. The zero-order valence-corrected chi connectivity index (χ0v) is 20.5. The number of nitrogens with zero attached hydrogens (tertiary/aromatic N) is 6. The Morgan fingerprint density at radius 3 is 2.50 bits per heavy atom. The Morgan fingerprint density at radius 1 is 0.917 bits per heavy atom. The zero-order chi connectivity index (χ0) is 24.6. The molecule has 0 atom stereocenters. The van der Waals surface area contributed by atoms with E-state index in [-0.39, 0.29) is 6.03 Å². The van der Waals surface area contributed by atoms with Crippen molar-refractivity contribution in [3.63, 3.8) is 0 Å². The van der Waals surface area contributed by atoms with Crippen LogP contribution in [0.5, 0.6) is 0 Å². The van der Waals surface area contributed by atoms with Gasteiger partial charge in [-0.1, -0.05) is 53.6 Å². The number of piperazine rings is 1. The fourth-order valence-corrected chi connectivity index (χ4v) is 4.78. The third-order valence-corrected chi connectivity index (χ3v) is 6.67. The van der Waals surface area contributed by atoms with Gasteiger partial charge in [-0.25, -0.2) is 14.2 Å². The van der Waals surface area contributed by atoms with Gasteiger partial charge in [-0.05, 0) is 43.3 Å². The fraction of sp³-hybridized carbons (Fsp3) is 0.185. The molecule has 1 N–H and O–H groups in total. The van der Waals surface area contributed by atoms with Crippen LogP contribution in [0.4, 0.5) is 16.4 Å². The Kier molecular flexibility index (Phi) is 5.65. The maximum Gasteiger partial charge on any atom is 0.321 e. The predicted molar refractivity (Wildman–Crippen MR) is 143 cm³/mol. The van der Waals surface area contributed by atoms with E-state index in [1.807, 2.05) is 70.0 Å². The van der Waals surface area contributed by atoms with E-state index in [4.69, 9.17) is 16.6 Å². The predicted octanol–water partition coefficient (Wildman–Crippen LogP) is 5.26. The number of aryl methyl sites for hydroxylation is 1. The lowest BCUT2D eigenvalue weighted by molar-refractivity contribution is 0.208. The summed E-state index contributed by atoms with van der Waals surface area (Å²) >= 11 is 6.30. The number of carbonyl (C=O) groups excluding carboxylic acids is 1. The minimum atomic E-state index is -0.103. The van der Waals surface area contributed by atoms with Gasteiger partial charge in [0.25, 0.3) is 0 Å². The number of amides is 2. The van der Waals surface area contributed by atoms with Crippen molar-refractivity contribution in [2.45, 2.75) is 6.92 Å². The Balaban J connectivity index is 1.36. The summed E-state index contributed by atoms with van der Waals surface area (Å²) in [5, 5.41) is 13.6. The summed E-state index contributed by atoms with van der Waals surface area (Å²) in [6.45, 7) is 4.45. The van der Waals surface area contributed by atoms with E-state index < -0.39 is 0 Å². The first kappa shape index (κ1) is 22.3. The molecule has 36 heavy (non-hydrogen) atoms. The fourth-order valence-electron chi connectivity index (χ4n) is 4.61. The largest absolute Gasteiger partial charge is 0.338 e. The molecule has 0 bridgehead atoms. The zero-order valence-electron chi connectivity index (χ0n) is 19.7. The van der Waals surface area contributed by atoms with Gasteiger partial charge in [-0.15, -0.1) is 10.2 Å². The molecule has 9 heteroatoms. The molecule has 0 aliphatic carbocycles. The summed E-state index contributed by atoms with van der Waals surface area (Å²) in [5.74, 6) is 1.47. The Bertz CT molecular complexity index is 1580. The minimum absolute atomic E-state index is 0.103. The highest BCUT2D eigenvalue weighted by Gasteiger charge is 2.26. The van der Waals surface area contributed by atoms with Crippen molar-refractivity contribution in [1.29, 1.82) is 0 Å². The van der Waals surface area contributed by atoms with Crippen molar-refractivity contribution in [2.24, 2.45) is 0 Å². The number of rotatable bonds is 3. The lowest BCUT2D eigenvalue weighted by Crippen LogP contribution is -2.50. The molecule has 0 unspecified atom stereocenters. The number of fused-ring (bicyclic) bond motifs is 3. The lowest BCUT2D eigenvalue weighted by atomic mass is 10.1. The van der Waals surface area contributed by atoms with Crippen molar-refractivity contribution in [3.8, 4) is 11.4 Å². The molecule has 3 aromatic carbocycles. The van der Waals surface area contributed by atoms with Gasteiger partial charge in [0.05, 0.1) is 5.52 Å². The molecule has 8 nitrogen and oxygen atoms in total. The minimum Gasteiger partial charge on any atom is -0.338 e. The van der Waals surface area contributed by atoms with Gasteiger partial charge in [0, 0.05) is 47.8 Å². The first-order chi connectivity index (χ1) is 17.6. The van der Waals surface area contributed by atoms with Crippen molar-refractivity contribution in [2.75, 3.05) is 36.4 Å². The third kappa shape index (κ3) is 4.09. The molecule has 1 aliphatic heterocycles. The summed E-state index contributed by atoms with van der Waals surface area (Å²) in [6, 6.07) is 23.2. The molecule has 180 valence electrons. The highest BCUT2D eigenvalue weighted by Crippen LogP contribution is 2.30. The summed E-state index contributed by atoms with van der Waals surface area (Å²) in [4.78, 5) is 21.8. The molecule has 6 rings (SSSR count). The number of carbonyl (C=O) groups is 1. The van der Waals surface area contributed by atoms with Gasteiger partial charge in [0.2, 0.25) is 5.95 Å². The molecule has 1 saturated heterocycles. The average molecular weight is 498 g/mol. The monoisotopic (exact) mass is 497 g/mol. The van der Waals surface area contributed by atoms with Crippen LogP contribution in [0.15, 0.2) is 72.8 Å². The van der Waals surface area contributed by atoms with Crippen LogP contribution in [0.2, 0.25) is 5.02 Å². The topological polar surface area (TPSA) is 78.7 Å². The number of anilines is 2. The van der Waals surface area contributed by atoms with E-state index in [2.05, 4.69) is 39.5 Å². The first-order valence-electron chi connectivity index (χ1n) is 11.8. The SMILES string of the molecule is Cc1cccc(-c2nnc3c4ccc(Cl)cc4nc(N4CCN(C(=O)Nc5ccccc5)CC4)n23)c1. The van der Waals surface area contributed by atoms with Crippen LogP contribution in [0.1, 0.15) is 5.56 Å². The Hall–Kier alpha value is -4.17. The molecule has 0 radical (unpaired) electrons. The molecular weight excluding hydrogens is 474 g/mol. The molecule has 0 spiro atoms. The van der Waals surface area contributed by atoms with Crippen LogP contribution < -0.4 is 10.2 Å². The number of hydrogen-bond donors (Lipinski definition) is 1. The van der Waals surface area contributed by atoms with E-state index in [0.717, 1.165) is 45.1 Å². The maximum atomic E-state index is 12.8. The number of halogens is 1. The summed E-state index contributed by atoms with van der Waals surface area (Å²) in [5.41, 5.74) is 4.39. The number of para-hydroxylation sites is 1. The quantitative estimate of drug-likeness (QED) is 0.368. The molecule has 1 fully saturated rings. The summed E-state index contributed by atoms with van der Waals surface area (Å²) in [7, 11) is 0. The van der Waals surface area contributed by atoms with E-state index in [1.54, 1.807) is 0 Å². The highest BCUT2D eigenvalue weighted by molar-refractivity contribution is 6.31. The number of hydrogen-bond acceptors (Lipinski definition) is 5. The normalized spacial score (nSPS) is 13.9. The Morgan fingerprint density at radius 2 is 1.72 bits per heavy atom. The molecule has 2 aromatic heterocycles. The second-order valence-corrected chi connectivity index (χ2v) is 9.33. The molecule has 0 saturated carbocycles. The second kappa shape index (κ2) is 9.13. The first-order valence-corrected chi connectivity index (χ1v) is 12.2. The number of nitrogens with one attached hydrogen (secondary N) is 1. The van der Waals surface area contributed by atoms with Crippen LogP contribution >= 0.6 is 11.6 Å². The van der Waals surface area contributed by atoms with E-state index in [9.17, 15) is 4.79 Å². The van der Waals surface area contributed by atoms with E-state index in [1.165, 1.54) is 0 Å². The van der Waals surface area contributed by atoms with Crippen LogP contribution in [-0.2, 0) is 0 Å². The van der Waals surface area contributed by atoms with Crippen LogP contribution in [0.25, 0.3) is 27.9 Å². The number of aromatic nitrogens is 4. The Labute approximate surface area is 213 Å². The van der Waals surface area contributed by atoms with Gasteiger partial charge in [0.15, 0.2) is 11.5 Å². The van der Waals surface area contributed by atoms with Crippen molar-refractivity contribution >= 4 is 45.8 Å². The number of benzene rings is 3. The van der Waals surface area contributed by atoms with Crippen LogP contribution in [0.3, 0.4) is 0 Å². The van der Waals surface area contributed by atoms with Gasteiger partial charge >= 0.3 is 6.03 Å². The van der Waals surface area contributed by atoms with E-state index >= 15 is 0 Å². The molecule has 1 aliphatic rings. The van der Waals surface area contributed by atoms with Crippen LogP contribution in [0, 0.1) is 6.92 Å². The standard InChI is InChI=1S/C27H24ClN7O/c1-18-6-5-7-19(16-18)24-31-32-25-22-11-10-20(28)17-23(22)30-26(35(24)25)33-12-14-34(15-13-33)27(36)29-21-8-3-2-4-9-21/h2-11,16-17H,12-15H2,1H3,(H,29,36). The number of urea groups is 1. The highest BCUT2D eigenvalue weighted by atomic mass is 35.5. The van der Waals surface area contributed by atoms with Crippen molar-refractivity contribution in [1.82, 2.24) is 24.5 Å². The van der Waals surface area contributed by atoms with E-state index in [0.29, 0.717) is 31.2 Å². The second-order valence-electron chi connectivity index (χ2n) is 8.90. The van der Waals surface area contributed by atoms with Crippen molar-refractivity contribution < 1.29 is 4.79 Å². The smallest absolute Gasteiger partial charge is 0.321 e. The van der Waals surface area contributed by atoms with Gasteiger partial charge in [-0.2, -0.15) is 0 Å². The van der Waals surface area contributed by atoms with Gasteiger partial charge in [0.1, 0.15) is 0 Å². The van der Waals surface area contributed by atoms with Crippen molar-refractivity contribution in [3.05, 3.63) is 83.4 Å². The molecule has 3 heterocycles. The molecule has 5 aromatic rings. The van der Waals surface area contributed by atoms with Gasteiger partial charge < -0.3 is 15.1 Å². The summed E-state index contributed by atoms with van der Waals surface area (Å²) in [6.07, 6.45) is 0. The lowest BCUT2D eigenvalue weighted by Gasteiger charge is -2.35. The maximum absolute atomic E-state index is 12.8. The molecule has 2 amide bonds. The summed E-state index contributed by atoms with van der Waals surface area (Å²) < 4.78 is 2.02. The third-order valence-electron chi connectivity index (χ3n) is 6.44. The average Bonchev–Trinajstić information content (AvgIpc) is 3.34. The van der Waals surface area contributed by atoms with Crippen LogP contribution in [-0.4, -0.2) is 56.7 Å².